The van der Waals surface area contributed by atoms with Gasteiger partial charge in [0.2, 0.25) is 5.79 Å². The Morgan fingerprint density at radius 2 is 1.59 bits per heavy atom. The number of para-hydroxylation sites is 1. The van der Waals surface area contributed by atoms with Crippen molar-refractivity contribution in [1.29, 1.82) is 0 Å². The minimum atomic E-state index is -2.59. The maximum absolute atomic E-state index is 14.3. The van der Waals surface area contributed by atoms with Gasteiger partial charge in [-0.25, -0.2) is 4.79 Å². The molecule has 13 heteroatoms. The number of benzene rings is 1. The van der Waals surface area contributed by atoms with Crippen molar-refractivity contribution in [1.82, 2.24) is 4.90 Å². The number of hydrogen-bond donors (Lipinski definition) is 3. The molecule has 4 aliphatic rings. The topological polar surface area (TPSA) is 178 Å². The van der Waals surface area contributed by atoms with Crippen LogP contribution in [0.25, 0.3) is 0 Å². The average molecular weight is 826 g/mol. The first-order valence-corrected chi connectivity index (χ1v) is 21.5. The maximum Gasteiger partial charge on any atom is 0.329 e. The summed E-state index contributed by atoms with van der Waals surface area (Å²) < 4.78 is 30.3. The highest BCUT2D eigenvalue weighted by Gasteiger charge is 2.57. The van der Waals surface area contributed by atoms with Crippen LogP contribution in [0.3, 0.4) is 0 Å². The van der Waals surface area contributed by atoms with Gasteiger partial charge < -0.3 is 39.0 Å². The molecular formula is C46H67NO12. The third-order valence-corrected chi connectivity index (χ3v) is 12.9. The lowest BCUT2D eigenvalue weighted by atomic mass is 9.82. The zero-order valence-electron chi connectivity index (χ0n) is 35.9. The molecule has 13 nitrogen and oxygen atoms in total. The van der Waals surface area contributed by atoms with Crippen molar-refractivity contribution in [3.05, 3.63) is 53.6 Å². The van der Waals surface area contributed by atoms with Crippen molar-refractivity contribution in [2.75, 3.05) is 14.2 Å². The second-order valence-corrected chi connectivity index (χ2v) is 17.7. The zero-order valence-corrected chi connectivity index (χ0v) is 35.9. The first kappa shape index (κ1) is 46.6. The minimum absolute atomic E-state index is 0.00930. The number of aliphatic hydroxyl groups excluding tert-OH is 2. The van der Waals surface area contributed by atoms with Gasteiger partial charge in [0.1, 0.15) is 42.1 Å². The largest absolute Gasteiger partial charge is 0.488 e. The van der Waals surface area contributed by atoms with E-state index in [-0.39, 0.29) is 55.6 Å². The molecule has 1 aliphatic carbocycles. The Bertz CT molecular complexity index is 1660. The Morgan fingerprint density at radius 1 is 0.898 bits per heavy atom. The number of allylic oxidation sites excluding steroid dienone is 3. The number of hydrogen-bond acceptors (Lipinski definition) is 12. The summed E-state index contributed by atoms with van der Waals surface area (Å²) in [5, 5.41) is 34.1. The first-order valence-electron chi connectivity index (χ1n) is 21.5. The lowest BCUT2D eigenvalue weighted by molar-refractivity contribution is -0.303. The predicted octanol–water partition coefficient (Wildman–Crippen LogP) is 5.62. The molecule has 0 radical (unpaired) electrons. The van der Waals surface area contributed by atoms with Crippen molar-refractivity contribution >= 4 is 23.4 Å². The van der Waals surface area contributed by atoms with E-state index in [0.717, 1.165) is 16.0 Å². The van der Waals surface area contributed by atoms with E-state index in [2.05, 4.69) is 6.08 Å². The summed E-state index contributed by atoms with van der Waals surface area (Å²) in [5.41, 5.74) is 1.78. The van der Waals surface area contributed by atoms with Crippen LogP contribution in [0.4, 0.5) is 0 Å². The van der Waals surface area contributed by atoms with Gasteiger partial charge >= 0.3 is 5.97 Å². The number of methoxy groups -OCH3 is 2. The monoisotopic (exact) mass is 825 g/mol. The number of nitrogens with zero attached hydrogens (tertiary/aromatic N) is 1. The SMILES string of the molecule is COC1CC(C)C/C(C)=C/CC(=O)CCC(C)C(C(C)=CC2CCC(O)C(Oc3ccccc3)C2)OC(=O)C2CCCC(O)N2C(=O)C(=O)C2(O)OC1C(OC)CC2C. The summed E-state index contributed by atoms with van der Waals surface area (Å²) in [7, 11) is 3.03. The smallest absolute Gasteiger partial charge is 0.329 e. The van der Waals surface area contributed by atoms with Gasteiger partial charge in [-0.3, -0.25) is 19.3 Å². The summed E-state index contributed by atoms with van der Waals surface area (Å²) >= 11 is 0. The van der Waals surface area contributed by atoms with Crippen LogP contribution < -0.4 is 4.74 Å². The summed E-state index contributed by atoms with van der Waals surface area (Å²) in [6, 6.07) is 8.01. The Balaban J connectivity index is 1.47. The van der Waals surface area contributed by atoms with E-state index < -0.39 is 78.3 Å². The molecule has 0 aromatic heterocycles. The number of rotatable bonds is 6. The summed E-state index contributed by atoms with van der Waals surface area (Å²) in [5.74, 6) is -6.37. The van der Waals surface area contributed by atoms with Crippen molar-refractivity contribution in [3.63, 3.8) is 0 Å². The fraction of sp³-hybridized carbons (Fsp3) is 0.696. The lowest BCUT2D eigenvalue weighted by Gasteiger charge is -2.47. The van der Waals surface area contributed by atoms with E-state index in [1.165, 1.54) is 14.2 Å². The Labute approximate surface area is 349 Å². The van der Waals surface area contributed by atoms with E-state index in [0.29, 0.717) is 50.7 Å². The molecule has 0 spiro atoms. The van der Waals surface area contributed by atoms with Gasteiger partial charge in [0.25, 0.3) is 11.7 Å². The van der Waals surface area contributed by atoms with Crippen LogP contribution in [0, 0.1) is 23.7 Å². The van der Waals surface area contributed by atoms with Gasteiger partial charge in [-0.1, -0.05) is 56.7 Å². The van der Waals surface area contributed by atoms with Gasteiger partial charge in [-0.2, -0.15) is 0 Å². The van der Waals surface area contributed by atoms with Crippen LogP contribution in [-0.2, 0) is 38.1 Å². The van der Waals surface area contributed by atoms with Crippen LogP contribution in [-0.4, -0.2) is 113 Å². The minimum Gasteiger partial charge on any atom is -0.488 e. The summed E-state index contributed by atoms with van der Waals surface area (Å²) in [4.78, 5) is 57.0. The molecule has 3 heterocycles. The number of amides is 1. The highest BCUT2D eigenvalue weighted by molar-refractivity contribution is 6.39. The van der Waals surface area contributed by atoms with Crippen molar-refractivity contribution in [3.8, 4) is 5.75 Å². The number of carbonyl (C=O) groups is 4. The molecule has 59 heavy (non-hydrogen) atoms. The molecule has 1 amide bonds. The standard InChI is InChI=1S/C46H67NO12/c1-27-16-19-33(48)20-17-29(3)41(30(4)24-32-18-21-36(49)37(26-32)57-34-12-9-8-10-13-34)58-45(53)35-14-11-15-40(50)47(35)44(52)43(51)46(54)31(5)25-39(56-7)42(59-46)38(55-6)23-28(2)22-27/h8-10,12-13,16,24,28-29,31-32,35-42,49-50,54H,11,14-15,17-23,25-26H2,1-7H3/b27-16+,30-24?. The van der Waals surface area contributed by atoms with E-state index in [9.17, 15) is 34.5 Å². The first-order chi connectivity index (χ1) is 28.1. The molecule has 13 unspecified atom stereocenters. The normalized spacial score (nSPS) is 38.6. The Hall–Kier alpha value is -3.46. The highest BCUT2D eigenvalue weighted by atomic mass is 16.7. The summed E-state index contributed by atoms with van der Waals surface area (Å²) in [6.45, 7) is 9.42. The number of fused-ring (bicyclic) bond motifs is 3. The van der Waals surface area contributed by atoms with Gasteiger partial charge in [0.05, 0.1) is 18.3 Å². The third-order valence-electron chi connectivity index (χ3n) is 12.9. The number of Topliss-reactive ketones (excluding diaryl/α,β-unsaturated/α-hetero) is 2. The van der Waals surface area contributed by atoms with E-state index in [4.69, 9.17) is 23.7 Å². The molecular weight excluding hydrogens is 759 g/mol. The summed E-state index contributed by atoms with van der Waals surface area (Å²) in [6.07, 6.45) is 3.08. The van der Waals surface area contributed by atoms with Gasteiger partial charge in [0, 0.05) is 33.0 Å². The van der Waals surface area contributed by atoms with Crippen LogP contribution >= 0.6 is 0 Å². The molecule has 3 aliphatic heterocycles. The third kappa shape index (κ3) is 11.5. The van der Waals surface area contributed by atoms with Gasteiger partial charge in [-0.05, 0) is 114 Å². The molecule has 13 atom stereocenters. The van der Waals surface area contributed by atoms with Crippen molar-refractivity contribution in [2.24, 2.45) is 23.7 Å². The molecule has 1 aromatic rings. The van der Waals surface area contributed by atoms with Crippen LogP contribution in [0.15, 0.2) is 53.6 Å². The molecule has 2 saturated heterocycles. The molecule has 1 aromatic carbocycles. The second-order valence-electron chi connectivity index (χ2n) is 17.7. The number of esters is 1. The van der Waals surface area contributed by atoms with Gasteiger partial charge in [-0.15, -0.1) is 0 Å². The molecule has 3 fully saturated rings. The average Bonchev–Trinajstić information content (AvgIpc) is 3.21. The second kappa shape index (κ2) is 20.9. The molecule has 1 saturated carbocycles. The molecule has 3 N–H and O–H groups in total. The molecule has 2 bridgehead atoms. The number of carbonyl (C=O) groups excluding carboxylic acids is 4. The van der Waals surface area contributed by atoms with E-state index in [1.54, 1.807) is 6.92 Å². The fourth-order valence-electron chi connectivity index (χ4n) is 9.45. The number of ether oxygens (including phenoxy) is 5. The predicted molar refractivity (Wildman–Crippen MR) is 219 cm³/mol. The van der Waals surface area contributed by atoms with Gasteiger partial charge in [0.15, 0.2) is 0 Å². The van der Waals surface area contributed by atoms with E-state index >= 15 is 0 Å². The van der Waals surface area contributed by atoms with Crippen molar-refractivity contribution < 1.29 is 58.2 Å². The lowest BCUT2D eigenvalue weighted by Crippen LogP contribution is -2.65. The number of cyclic esters (lactones) is 1. The maximum atomic E-state index is 14.3. The van der Waals surface area contributed by atoms with Crippen molar-refractivity contribution in [2.45, 2.75) is 166 Å². The molecule has 328 valence electrons. The molecule has 5 rings (SSSR count). The highest BCUT2D eigenvalue weighted by Crippen LogP contribution is 2.39. The Morgan fingerprint density at radius 3 is 2.29 bits per heavy atom. The number of aliphatic hydroxyl groups is 3. The van der Waals surface area contributed by atoms with Crippen LogP contribution in [0.5, 0.6) is 5.75 Å². The van der Waals surface area contributed by atoms with Crippen LogP contribution in [0.2, 0.25) is 0 Å². The Kier molecular flexibility index (Phi) is 16.5. The number of ketones is 2. The quantitative estimate of drug-likeness (QED) is 0.184. The van der Waals surface area contributed by atoms with E-state index in [1.807, 2.05) is 64.1 Å². The number of piperidine rings is 1. The van der Waals surface area contributed by atoms with Crippen LogP contribution in [0.1, 0.15) is 112 Å². The zero-order chi connectivity index (χ0) is 43.0. The fourth-order valence-corrected chi connectivity index (χ4v) is 9.45.